The lowest BCUT2D eigenvalue weighted by Gasteiger charge is -2.53. The molecule has 0 aromatic heterocycles. The second-order valence-electron chi connectivity index (χ2n) is 7.04. The first kappa shape index (κ1) is 18.7. The Morgan fingerprint density at radius 1 is 1.32 bits per heavy atom. The van der Waals surface area contributed by atoms with Crippen LogP contribution in [0.5, 0.6) is 0 Å². The number of hydrogen-bond acceptors (Lipinski definition) is 4. The van der Waals surface area contributed by atoms with E-state index < -0.39 is 21.7 Å². The molecule has 2 fully saturated rings. The molecule has 1 unspecified atom stereocenters. The molecule has 1 aromatic rings. The summed E-state index contributed by atoms with van der Waals surface area (Å²) >= 11 is 0. The first-order valence-corrected chi connectivity index (χ1v) is 10.2. The number of halogens is 2. The monoisotopic (exact) mass is 374 g/mol. The van der Waals surface area contributed by atoms with Crippen molar-refractivity contribution < 1.29 is 21.9 Å². The topological polar surface area (TPSA) is 58.6 Å². The molecule has 0 radical (unpaired) electrons. The van der Waals surface area contributed by atoms with E-state index in [1.807, 2.05) is 0 Å². The number of ether oxygens (including phenoxy) is 1. The summed E-state index contributed by atoms with van der Waals surface area (Å²) < 4.78 is 57.8. The van der Waals surface area contributed by atoms with Crippen molar-refractivity contribution in [2.45, 2.75) is 31.9 Å². The van der Waals surface area contributed by atoms with Crippen molar-refractivity contribution >= 4 is 10.0 Å². The van der Waals surface area contributed by atoms with Gasteiger partial charge in [0.1, 0.15) is 0 Å². The minimum absolute atomic E-state index is 0.0868. The standard InChI is InChI=1S/C17H24F2N2O3S/c1-2-25(22,23)20-8-14-5-6-17(24-10-14)11-21(12-17)9-13-3-4-15(18)16(19)7-13/h3-4,7,14,20H,2,5-6,8-12H2,1H3. The van der Waals surface area contributed by atoms with E-state index in [9.17, 15) is 17.2 Å². The normalized spacial score (nSPS) is 23.6. The summed E-state index contributed by atoms with van der Waals surface area (Å²) in [6.45, 7) is 4.68. The molecular weight excluding hydrogens is 350 g/mol. The van der Waals surface area contributed by atoms with Crippen LogP contribution in [0.3, 0.4) is 0 Å². The van der Waals surface area contributed by atoms with Gasteiger partial charge in [0.15, 0.2) is 11.6 Å². The molecule has 25 heavy (non-hydrogen) atoms. The minimum atomic E-state index is -3.16. The fourth-order valence-electron chi connectivity index (χ4n) is 3.45. The van der Waals surface area contributed by atoms with Crippen molar-refractivity contribution in [2.75, 3.05) is 32.0 Å². The molecule has 0 aliphatic carbocycles. The van der Waals surface area contributed by atoms with Crippen LogP contribution < -0.4 is 4.72 Å². The highest BCUT2D eigenvalue weighted by Gasteiger charge is 2.46. The van der Waals surface area contributed by atoms with Gasteiger partial charge in [-0.1, -0.05) is 6.07 Å². The number of likely N-dealkylation sites (tertiary alicyclic amines) is 1. The molecule has 2 aliphatic heterocycles. The first-order chi connectivity index (χ1) is 11.8. The lowest BCUT2D eigenvalue weighted by atomic mass is 9.83. The van der Waals surface area contributed by atoms with E-state index in [1.165, 1.54) is 6.07 Å². The molecule has 1 atom stereocenters. The molecule has 2 saturated heterocycles. The fraction of sp³-hybridized carbons (Fsp3) is 0.647. The summed E-state index contributed by atoms with van der Waals surface area (Å²) in [6, 6.07) is 3.98. The van der Waals surface area contributed by atoms with Gasteiger partial charge in [0.05, 0.1) is 18.0 Å². The molecule has 0 amide bonds. The number of benzene rings is 1. The largest absolute Gasteiger partial charge is 0.372 e. The Bertz CT molecular complexity index is 711. The van der Waals surface area contributed by atoms with Crippen LogP contribution in [0.1, 0.15) is 25.3 Å². The van der Waals surface area contributed by atoms with E-state index in [2.05, 4.69) is 9.62 Å². The van der Waals surface area contributed by atoms with Crippen LogP contribution in [-0.4, -0.2) is 50.9 Å². The van der Waals surface area contributed by atoms with Gasteiger partial charge in [-0.3, -0.25) is 4.90 Å². The van der Waals surface area contributed by atoms with E-state index >= 15 is 0 Å². The molecule has 140 valence electrons. The summed E-state index contributed by atoms with van der Waals surface area (Å²) in [7, 11) is -3.16. The molecule has 1 aromatic carbocycles. The number of hydrogen-bond donors (Lipinski definition) is 1. The number of rotatable bonds is 6. The van der Waals surface area contributed by atoms with Crippen LogP contribution in [0.2, 0.25) is 0 Å². The predicted molar refractivity (Wildman–Crippen MR) is 90.5 cm³/mol. The zero-order valence-corrected chi connectivity index (χ0v) is 15.1. The van der Waals surface area contributed by atoms with Gasteiger partial charge in [0, 0.05) is 26.2 Å². The Balaban J connectivity index is 1.43. The maximum absolute atomic E-state index is 13.3. The van der Waals surface area contributed by atoms with Crippen molar-refractivity contribution in [2.24, 2.45) is 5.92 Å². The molecular formula is C17H24F2N2O3S. The molecule has 8 heteroatoms. The fourth-order valence-corrected chi connectivity index (χ4v) is 4.15. The van der Waals surface area contributed by atoms with E-state index in [4.69, 9.17) is 4.74 Å². The third kappa shape index (κ3) is 4.55. The highest BCUT2D eigenvalue weighted by atomic mass is 32.2. The minimum Gasteiger partial charge on any atom is -0.372 e. The average molecular weight is 374 g/mol. The van der Waals surface area contributed by atoms with Crippen LogP contribution in [0.4, 0.5) is 8.78 Å². The van der Waals surface area contributed by atoms with Crippen LogP contribution in [0.25, 0.3) is 0 Å². The SMILES string of the molecule is CCS(=O)(=O)NCC1CCC2(CN(Cc3ccc(F)c(F)c3)C2)OC1. The van der Waals surface area contributed by atoms with Crippen molar-refractivity contribution in [3.63, 3.8) is 0 Å². The van der Waals surface area contributed by atoms with Gasteiger partial charge >= 0.3 is 0 Å². The summed E-state index contributed by atoms with van der Waals surface area (Å²) in [6.07, 6.45) is 1.81. The van der Waals surface area contributed by atoms with Crippen molar-refractivity contribution in [3.05, 3.63) is 35.4 Å². The Morgan fingerprint density at radius 3 is 2.68 bits per heavy atom. The quantitative estimate of drug-likeness (QED) is 0.826. The number of nitrogens with zero attached hydrogens (tertiary/aromatic N) is 1. The van der Waals surface area contributed by atoms with Crippen molar-refractivity contribution in [1.82, 2.24) is 9.62 Å². The maximum atomic E-state index is 13.3. The van der Waals surface area contributed by atoms with Gasteiger partial charge in [0.25, 0.3) is 0 Å². The van der Waals surface area contributed by atoms with E-state index in [0.717, 1.165) is 37.6 Å². The van der Waals surface area contributed by atoms with Crippen LogP contribution in [-0.2, 0) is 21.3 Å². The highest BCUT2D eigenvalue weighted by molar-refractivity contribution is 7.89. The second-order valence-corrected chi connectivity index (χ2v) is 9.14. The molecule has 1 spiro atoms. The molecule has 0 saturated carbocycles. The Morgan fingerprint density at radius 2 is 2.08 bits per heavy atom. The van der Waals surface area contributed by atoms with Gasteiger partial charge in [-0.25, -0.2) is 21.9 Å². The zero-order valence-electron chi connectivity index (χ0n) is 14.3. The molecule has 5 nitrogen and oxygen atoms in total. The lowest BCUT2D eigenvalue weighted by molar-refractivity contribution is -0.181. The Hall–Kier alpha value is -1.09. The van der Waals surface area contributed by atoms with Gasteiger partial charge in [-0.05, 0) is 43.4 Å². The summed E-state index contributed by atoms with van der Waals surface area (Å²) in [5.74, 6) is -1.36. The van der Waals surface area contributed by atoms with Crippen molar-refractivity contribution in [1.29, 1.82) is 0 Å². The average Bonchev–Trinajstić information content (AvgIpc) is 2.56. The van der Waals surface area contributed by atoms with Crippen LogP contribution >= 0.6 is 0 Å². The Labute approximate surface area is 147 Å². The summed E-state index contributed by atoms with van der Waals surface area (Å²) in [5, 5.41) is 0. The van der Waals surface area contributed by atoms with Crippen LogP contribution in [0, 0.1) is 17.6 Å². The molecule has 2 heterocycles. The third-order valence-corrected chi connectivity index (χ3v) is 6.39. The third-order valence-electron chi connectivity index (χ3n) is 5.02. The summed E-state index contributed by atoms with van der Waals surface area (Å²) in [5.41, 5.74) is 0.579. The molecule has 2 aliphatic rings. The van der Waals surface area contributed by atoms with Gasteiger partial charge in [0.2, 0.25) is 10.0 Å². The zero-order chi connectivity index (χ0) is 18.1. The molecule has 3 rings (SSSR count). The molecule has 1 N–H and O–H groups in total. The Kier molecular flexibility index (Phi) is 5.43. The smallest absolute Gasteiger partial charge is 0.211 e. The van der Waals surface area contributed by atoms with Crippen molar-refractivity contribution in [3.8, 4) is 0 Å². The van der Waals surface area contributed by atoms with E-state index in [1.54, 1.807) is 13.0 Å². The highest BCUT2D eigenvalue weighted by Crippen LogP contribution is 2.36. The van der Waals surface area contributed by atoms with E-state index in [-0.39, 0.29) is 17.3 Å². The van der Waals surface area contributed by atoms with Crippen LogP contribution in [0.15, 0.2) is 18.2 Å². The maximum Gasteiger partial charge on any atom is 0.211 e. The predicted octanol–water partition coefficient (Wildman–Crippen LogP) is 1.89. The number of sulfonamides is 1. The first-order valence-electron chi connectivity index (χ1n) is 8.58. The van der Waals surface area contributed by atoms with Gasteiger partial charge in [-0.15, -0.1) is 0 Å². The molecule has 0 bridgehead atoms. The lowest BCUT2D eigenvalue weighted by Crippen LogP contribution is -2.64. The van der Waals surface area contributed by atoms with E-state index in [0.29, 0.717) is 19.7 Å². The van der Waals surface area contributed by atoms with Gasteiger partial charge < -0.3 is 4.74 Å². The van der Waals surface area contributed by atoms with Gasteiger partial charge in [-0.2, -0.15) is 0 Å². The summed E-state index contributed by atoms with van der Waals surface area (Å²) in [4.78, 5) is 2.15. The number of nitrogens with one attached hydrogen (secondary N) is 1. The second kappa shape index (κ2) is 7.26.